The molecule has 0 bridgehead atoms. The summed E-state index contributed by atoms with van der Waals surface area (Å²) in [5, 5.41) is 3.65. The van der Waals surface area contributed by atoms with E-state index in [0.29, 0.717) is 36.9 Å². The summed E-state index contributed by atoms with van der Waals surface area (Å²) in [6.07, 6.45) is 0. The SMILES string of the molecule is COc1ccccc1N1C(=O)N(Cc2ccccc2)c2cc(Cl)cc(N3CCNCC3)c2S1(=O)=O. The molecule has 0 radical (unpaired) electrons. The van der Waals surface area contributed by atoms with Crippen LogP contribution in [0.4, 0.5) is 21.9 Å². The third kappa shape index (κ3) is 4.20. The molecule has 0 unspecified atom stereocenters. The van der Waals surface area contributed by atoms with Crippen molar-refractivity contribution in [2.24, 2.45) is 0 Å². The van der Waals surface area contributed by atoms with Gasteiger partial charge in [0, 0.05) is 31.2 Å². The van der Waals surface area contributed by atoms with Gasteiger partial charge in [-0.1, -0.05) is 54.1 Å². The summed E-state index contributed by atoms with van der Waals surface area (Å²) in [6.45, 7) is 2.83. The van der Waals surface area contributed by atoms with Gasteiger partial charge in [-0.25, -0.2) is 13.2 Å². The Labute approximate surface area is 209 Å². The summed E-state index contributed by atoms with van der Waals surface area (Å²) >= 11 is 6.50. The molecule has 35 heavy (non-hydrogen) atoms. The third-order valence-corrected chi connectivity index (χ3v) is 8.14. The monoisotopic (exact) mass is 512 g/mol. The summed E-state index contributed by atoms with van der Waals surface area (Å²) in [7, 11) is -2.85. The van der Waals surface area contributed by atoms with E-state index in [9.17, 15) is 13.2 Å². The number of para-hydroxylation sites is 2. The van der Waals surface area contributed by atoms with Gasteiger partial charge >= 0.3 is 6.03 Å². The van der Waals surface area contributed by atoms with Crippen LogP contribution in [-0.4, -0.2) is 47.7 Å². The number of hydrogen-bond donors (Lipinski definition) is 1. The summed E-state index contributed by atoms with van der Waals surface area (Å²) in [4.78, 5) is 17.5. The number of methoxy groups -OCH3 is 1. The first-order valence-corrected chi connectivity index (χ1v) is 13.1. The normalized spacial score (nSPS) is 17.3. The number of carbonyl (C=O) groups excluding carboxylic acids is 1. The molecule has 1 saturated heterocycles. The Morgan fingerprint density at radius 1 is 0.943 bits per heavy atom. The van der Waals surface area contributed by atoms with E-state index >= 15 is 0 Å². The minimum absolute atomic E-state index is 0.0604. The molecule has 0 saturated carbocycles. The van der Waals surface area contributed by atoms with Gasteiger partial charge in [0.25, 0.3) is 10.0 Å². The Morgan fingerprint density at radius 2 is 1.60 bits per heavy atom. The fraction of sp³-hybridized carbons (Fsp3) is 0.240. The van der Waals surface area contributed by atoms with Crippen LogP contribution in [-0.2, 0) is 16.6 Å². The highest BCUT2D eigenvalue weighted by molar-refractivity contribution is 7.94. The van der Waals surface area contributed by atoms with E-state index < -0.39 is 16.1 Å². The molecular weight excluding hydrogens is 488 g/mol. The molecular formula is C25H25ClN4O4S. The lowest BCUT2D eigenvalue weighted by Crippen LogP contribution is -2.52. The molecule has 0 aromatic heterocycles. The van der Waals surface area contributed by atoms with Crippen LogP contribution >= 0.6 is 11.6 Å². The van der Waals surface area contributed by atoms with Gasteiger partial charge in [0.2, 0.25) is 0 Å². The van der Waals surface area contributed by atoms with E-state index in [1.165, 1.54) is 12.0 Å². The number of fused-ring (bicyclic) bond motifs is 1. The summed E-state index contributed by atoms with van der Waals surface area (Å²) in [5.74, 6) is 0.283. The molecule has 2 aliphatic heterocycles. The van der Waals surface area contributed by atoms with Crippen LogP contribution in [0.25, 0.3) is 0 Å². The molecule has 3 aromatic rings. The van der Waals surface area contributed by atoms with Gasteiger partial charge in [-0.15, -0.1) is 0 Å². The zero-order valence-electron chi connectivity index (χ0n) is 19.1. The van der Waals surface area contributed by atoms with Crippen LogP contribution in [0.5, 0.6) is 5.75 Å². The van der Waals surface area contributed by atoms with Gasteiger partial charge in [-0.2, -0.15) is 4.31 Å². The van der Waals surface area contributed by atoms with Crippen molar-refractivity contribution in [3.63, 3.8) is 0 Å². The van der Waals surface area contributed by atoms with Crippen LogP contribution in [0.1, 0.15) is 5.56 Å². The second-order valence-electron chi connectivity index (χ2n) is 8.31. The van der Waals surface area contributed by atoms with Gasteiger partial charge in [0.15, 0.2) is 0 Å². The molecule has 2 amide bonds. The molecule has 1 fully saturated rings. The molecule has 8 nitrogen and oxygen atoms in total. The second kappa shape index (κ2) is 9.41. The molecule has 1 N–H and O–H groups in total. The van der Waals surface area contributed by atoms with Crippen LogP contribution in [0.15, 0.2) is 71.6 Å². The van der Waals surface area contributed by atoms with Crippen molar-refractivity contribution < 1.29 is 17.9 Å². The van der Waals surface area contributed by atoms with Crippen molar-refractivity contribution in [2.75, 3.05) is 47.4 Å². The van der Waals surface area contributed by atoms with E-state index in [4.69, 9.17) is 16.3 Å². The Bertz CT molecular complexity index is 1360. The average molecular weight is 513 g/mol. The highest BCUT2D eigenvalue weighted by Gasteiger charge is 2.46. The first-order valence-electron chi connectivity index (χ1n) is 11.2. The second-order valence-corrected chi connectivity index (χ2v) is 10.5. The lowest BCUT2D eigenvalue weighted by atomic mass is 10.1. The Balaban J connectivity index is 1.76. The maximum absolute atomic E-state index is 14.2. The van der Waals surface area contributed by atoms with E-state index in [-0.39, 0.29) is 28.6 Å². The van der Waals surface area contributed by atoms with Crippen molar-refractivity contribution in [2.45, 2.75) is 11.4 Å². The van der Waals surface area contributed by atoms with Crippen molar-refractivity contribution in [3.05, 3.63) is 77.3 Å². The molecule has 0 spiro atoms. The summed E-state index contributed by atoms with van der Waals surface area (Å²) in [6, 6.07) is 18.6. The van der Waals surface area contributed by atoms with Gasteiger partial charge in [0.05, 0.1) is 25.0 Å². The molecule has 2 heterocycles. The molecule has 0 atom stereocenters. The number of nitrogens with zero attached hydrogens (tertiary/aromatic N) is 3. The lowest BCUT2D eigenvalue weighted by molar-refractivity contribution is 0.253. The van der Waals surface area contributed by atoms with Gasteiger partial charge < -0.3 is 15.0 Å². The topological polar surface area (TPSA) is 82.2 Å². The van der Waals surface area contributed by atoms with E-state index in [1.807, 2.05) is 35.2 Å². The van der Waals surface area contributed by atoms with Gasteiger partial charge in [0.1, 0.15) is 16.3 Å². The zero-order chi connectivity index (χ0) is 24.6. The number of piperazine rings is 1. The minimum Gasteiger partial charge on any atom is -0.495 e. The number of amides is 2. The highest BCUT2D eigenvalue weighted by Crippen LogP contribution is 2.46. The number of halogens is 1. The quantitative estimate of drug-likeness (QED) is 0.554. The number of rotatable bonds is 5. The zero-order valence-corrected chi connectivity index (χ0v) is 20.7. The molecule has 2 aliphatic rings. The standard InChI is InChI=1S/C25H25ClN4O4S/c1-34-23-10-6-5-9-20(23)30-25(31)29(17-18-7-3-2-4-8-18)22-16-19(26)15-21(24(22)35(30,32)33)28-13-11-27-12-14-28/h2-10,15-16,27H,11-14,17H2,1H3. The number of carbonyl (C=O) groups is 1. The Hall–Kier alpha value is -3.27. The average Bonchev–Trinajstić information content (AvgIpc) is 2.87. The fourth-order valence-corrected chi connectivity index (χ4v) is 6.52. The number of benzene rings is 3. The Kier molecular flexibility index (Phi) is 6.31. The van der Waals surface area contributed by atoms with Crippen LogP contribution in [0.2, 0.25) is 5.02 Å². The Morgan fingerprint density at radius 3 is 2.31 bits per heavy atom. The summed E-state index contributed by atoms with van der Waals surface area (Å²) < 4.78 is 34.7. The number of sulfonamides is 1. The highest BCUT2D eigenvalue weighted by atomic mass is 35.5. The van der Waals surface area contributed by atoms with Crippen LogP contribution in [0, 0.1) is 0 Å². The maximum atomic E-state index is 14.2. The lowest BCUT2D eigenvalue weighted by Gasteiger charge is -2.40. The molecule has 182 valence electrons. The van der Waals surface area contributed by atoms with Crippen LogP contribution in [0.3, 0.4) is 0 Å². The largest absolute Gasteiger partial charge is 0.495 e. The number of anilines is 3. The van der Waals surface area contributed by atoms with Crippen molar-refractivity contribution in [1.82, 2.24) is 5.32 Å². The fourth-order valence-electron chi connectivity index (χ4n) is 4.53. The third-order valence-electron chi connectivity index (χ3n) is 6.15. The summed E-state index contributed by atoms with van der Waals surface area (Å²) in [5.41, 5.74) is 1.77. The predicted molar refractivity (Wildman–Crippen MR) is 137 cm³/mol. The van der Waals surface area contributed by atoms with E-state index in [0.717, 1.165) is 9.87 Å². The number of urea groups is 1. The van der Waals surface area contributed by atoms with E-state index in [2.05, 4.69) is 5.32 Å². The smallest absolute Gasteiger partial charge is 0.343 e. The molecule has 3 aromatic carbocycles. The molecule has 0 aliphatic carbocycles. The van der Waals surface area contributed by atoms with Gasteiger partial charge in [-0.05, 0) is 29.8 Å². The molecule has 5 rings (SSSR count). The number of hydrogen-bond acceptors (Lipinski definition) is 6. The molecule has 10 heteroatoms. The minimum atomic E-state index is -4.30. The van der Waals surface area contributed by atoms with Crippen molar-refractivity contribution in [3.8, 4) is 5.75 Å². The van der Waals surface area contributed by atoms with Crippen LogP contribution < -0.4 is 24.2 Å². The number of ether oxygens (including phenoxy) is 1. The maximum Gasteiger partial charge on any atom is 0.343 e. The number of nitrogens with one attached hydrogen (secondary N) is 1. The van der Waals surface area contributed by atoms with E-state index in [1.54, 1.807) is 36.4 Å². The van der Waals surface area contributed by atoms with Crippen molar-refractivity contribution in [1.29, 1.82) is 0 Å². The predicted octanol–water partition coefficient (Wildman–Crippen LogP) is 4.09. The van der Waals surface area contributed by atoms with Crippen molar-refractivity contribution >= 4 is 44.7 Å². The first-order chi connectivity index (χ1) is 16.9. The first kappa shape index (κ1) is 23.5. The van der Waals surface area contributed by atoms with Gasteiger partial charge in [-0.3, -0.25) is 4.90 Å².